The van der Waals surface area contributed by atoms with Gasteiger partial charge in [0.25, 0.3) is 0 Å². The van der Waals surface area contributed by atoms with Gasteiger partial charge in [0.05, 0.1) is 6.17 Å². The molecule has 0 aromatic heterocycles. The van der Waals surface area contributed by atoms with E-state index >= 15 is 0 Å². The SMILES string of the molecule is CO[C@]1(C)[C@@H]([C@H](O)c2ccc(C(C)C)cc2)O[C@@H](N2CCC3C(C)N(C)CNC32)[C@@H]1O. The fourth-order valence-corrected chi connectivity index (χ4v) is 5.56. The average Bonchev–Trinajstić information content (AvgIpc) is 3.30. The molecule has 0 amide bonds. The second-order valence-electron chi connectivity index (χ2n) is 10.0. The minimum Gasteiger partial charge on any atom is -0.386 e. The summed E-state index contributed by atoms with van der Waals surface area (Å²) in [5.41, 5.74) is 0.979. The maximum absolute atomic E-state index is 11.3. The molecular formula is C24H39N3O4. The number of aliphatic hydroxyl groups excluding tert-OH is 2. The van der Waals surface area contributed by atoms with Crippen molar-refractivity contribution in [3.63, 3.8) is 0 Å². The molecule has 0 bridgehead atoms. The number of ether oxygens (including phenoxy) is 2. The van der Waals surface area contributed by atoms with Gasteiger partial charge in [-0.25, -0.2) is 0 Å². The van der Waals surface area contributed by atoms with Crippen molar-refractivity contribution in [2.45, 2.75) is 82.4 Å². The summed E-state index contributed by atoms with van der Waals surface area (Å²) in [7, 11) is 3.72. The summed E-state index contributed by atoms with van der Waals surface area (Å²) >= 11 is 0. The van der Waals surface area contributed by atoms with Crippen LogP contribution in [0.4, 0.5) is 0 Å². The lowest BCUT2D eigenvalue weighted by Gasteiger charge is -2.43. The number of hydrogen-bond acceptors (Lipinski definition) is 7. The zero-order valence-electron chi connectivity index (χ0n) is 19.7. The standard InChI is InChI=1S/C24H39N3O4/c1-14(2)16-7-9-17(10-8-16)19(28)21-24(4,30-6)20(29)23(31-21)27-12-11-18-15(3)26(5)13-25-22(18)27/h7-10,14-15,18-23,25,28-29H,11-13H2,1-6H3/t15?,18?,19-,20+,21-,22?,23-,24+/m1/s1. The molecule has 7 heteroatoms. The average molecular weight is 434 g/mol. The Bertz CT molecular complexity index is 760. The van der Waals surface area contributed by atoms with Crippen LogP contribution in [0.15, 0.2) is 24.3 Å². The van der Waals surface area contributed by atoms with Gasteiger partial charge in [-0.05, 0) is 44.4 Å². The molecule has 3 heterocycles. The van der Waals surface area contributed by atoms with Crippen LogP contribution >= 0.6 is 0 Å². The van der Waals surface area contributed by atoms with Gasteiger partial charge in [-0.3, -0.25) is 15.1 Å². The number of hydrogen-bond donors (Lipinski definition) is 3. The summed E-state index contributed by atoms with van der Waals surface area (Å²) < 4.78 is 12.2. The number of methoxy groups -OCH3 is 1. The monoisotopic (exact) mass is 433 g/mol. The first kappa shape index (κ1) is 23.1. The van der Waals surface area contributed by atoms with Crippen LogP contribution in [0.25, 0.3) is 0 Å². The molecule has 31 heavy (non-hydrogen) atoms. The zero-order valence-corrected chi connectivity index (χ0v) is 19.7. The Hall–Kier alpha value is -1.06. The second kappa shape index (κ2) is 8.71. The summed E-state index contributed by atoms with van der Waals surface area (Å²) in [6, 6.07) is 8.46. The Morgan fingerprint density at radius 1 is 1.23 bits per heavy atom. The zero-order chi connectivity index (χ0) is 22.5. The first-order chi connectivity index (χ1) is 14.7. The largest absolute Gasteiger partial charge is 0.386 e. The molecule has 0 saturated carbocycles. The van der Waals surface area contributed by atoms with Crippen molar-refractivity contribution < 1.29 is 19.7 Å². The van der Waals surface area contributed by atoms with Gasteiger partial charge < -0.3 is 19.7 Å². The van der Waals surface area contributed by atoms with Crippen LogP contribution in [0.2, 0.25) is 0 Å². The van der Waals surface area contributed by atoms with E-state index in [0.29, 0.717) is 17.9 Å². The molecule has 174 valence electrons. The van der Waals surface area contributed by atoms with Crippen LogP contribution in [0, 0.1) is 5.92 Å². The lowest BCUT2D eigenvalue weighted by atomic mass is 9.87. The molecule has 3 aliphatic heterocycles. The Balaban J connectivity index is 1.56. The van der Waals surface area contributed by atoms with Gasteiger partial charge >= 0.3 is 0 Å². The molecule has 3 N–H and O–H groups in total. The highest BCUT2D eigenvalue weighted by molar-refractivity contribution is 5.28. The van der Waals surface area contributed by atoms with E-state index in [0.717, 1.165) is 25.2 Å². The van der Waals surface area contributed by atoms with Crippen molar-refractivity contribution in [2.75, 3.05) is 27.4 Å². The molecular weight excluding hydrogens is 394 g/mol. The number of nitrogens with one attached hydrogen (secondary N) is 1. The first-order valence-corrected chi connectivity index (χ1v) is 11.5. The molecule has 8 atom stereocenters. The molecule has 4 rings (SSSR count). The molecule has 3 fully saturated rings. The highest BCUT2D eigenvalue weighted by atomic mass is 16.6. The van der Waals surface area contributed by atoms with Crippen LogP contribution in [0.1, 0.15) is 57.3 Å². The molecule has 3 aliphatic rings. The van der Waals surface area contributed by atoms with Crippen molar-refractivity contribution in [1.82, 2.24) is 15.1 Å². The quantitative estimate of drug-likeness (QED) is 0.654. The van der Waals surface area contributed by atoms with Gasteiger partial charge in [0.1, 0.15) is 30.1 Å². The summed E-state index contributed by atoms with van der Waals surface area (Å²) in [5, 5.41) is 26.2. The second-order valence-corrected chi connectivity index (χ2v) is 10.0. The first-order valence-electron chi connectivity index (χ1n) is 11.5. The van der Waals surface area contributed by atoms with Gasteiger partial charge in [-0.15, -0.1) is 0 Å². The lowest BCUT2D eigenvalue weighted by molar-refractivity contribution is -0.141. The normalized spacial score (nSPS) is 40.4. The van der Waals surface area contributed by atoms with Crippen LogP contribution in [-0.4, -0.2) is 83.6 Å². The molecule has 1 aromatic rings. The van der Waals surface area contributed by atoms with E-state index in [1.807, 2.05) is 31.2 Å². The maximum Gasteiger partial charge on any atom is 0.141 e. The van der Waals surface area contributed by atoms with E-state index in [9.17, 15) is 10.2 Å². The lowest BCUT2D eigenvalue weighted by Crippen LogP contribution is -2.62. The van der Waals surface area contributed by atoms with Crippen molar-refractivity contribution in [2.24, 2.45) is 5.92 Å². The van der Waals surface area contributed by atoms with Gasteiger partial charge in [0.15, 0.2) is 0 Å². The number of benzene rings is 1. The maximum atomic E-state index is 11.3. The molecule has 7 nitrogen and oxygen atoms in total. The topological polar surface area (TPSA) is 77.4 Å². The van der Waals surface area contributed by atoms with E-state index in [1.54, 1.807) is 7.11 Å². The van der Waals surface area contributed by atoms with E-state index in [2.05, 4.69) is 42.9 Å². The van der Waals surface area contributed by atoms with Gasteiger partial charge in [-0.1, -0.05) is 38.1 Å². The predicted molar refractivity (Wildman–Crippen MR) is 119 cm³/mol. The van der Waals surface area contributed by atoms with Gasteiger partial charge in [-0.2, -0.15) is 0 Å². The minimum atomic E-state index is -1.02. The molecule has 3 unspecified atom stereocenters. The summed E-state index contributed by atoms with van der Waals surface area (Å²) in [4.78, 5) is 4.55. The number of rotatable bonds is 5. The molecule has 1 aromatic carbocycles. The van der Waals surface area contributed by atoms with Crippen molar-refractivity contribution in [3.05, 3.63) is 35.4 Å². The highest BCUT2D eigenvalue weighted by Gasteiger charge is 2.60. The number of aliphatic hydroxyl groups is 2. The summed E-state index contributed by atoms with van der Waals surface area (Å²) in [5.74, 6) is 0.896. The smallest absolute Gasteiger partial charge is 0.141 e. The van der Waals surface area contributed by atoms with Crippen LogP contribution < -0.4 is 5.32 Å². The highest BCUT2D eigenvalue weighted by Crippen LogP contribution is 2.44. The van der Waals surface area contributed by atoms with E-state index in [4.69, 9.17) is 9.47 Å². The van der Waals surface area contributed by atoms with Crippen LogP contribution in [-0.2, 0) is 9.47 Å². The molecule has 0 spiro atoms. The summed E-state index contributed by atoms with van der Waals surface area (Å²) in [6.07, 6.45) is -1.78. The third kappa shape index (κ3) is 3.84. The Morgan fingerprint density at radius 2 is 1.87 bits per heavy atom. The fraction of sp³-hybridized carbons (Fsp3) is 0.750. The Labute approximate surface area is 186 Å². The number of likely N-dealkylation sites (tertiary alicyclic amines) is 1. The van der Waals surface area contributed by atoms with E-state index in [1.165, 1.54) is 5.56 Å². The van der Waals surface area contributed by atoms with Crippen LogP contribution in [0.3, 0.4) is 0 Å². The third-order valence-electron chi connectivity index (χ3n) is 8.05. The van der Waals surface area contributed by atoms with Crippen molar-refractivity contribution >= 4 is 0 Å². The summed E-state index contributed by atoms with van der Waals surface area (Å²) in [6.45, 7) is 10.0. The van der Waals surface area contributed by atoms with Crippen molar-refractivity contribution in [3.8, 4) is 0 Å². The van der Waals surface area contributed by atoms with Crippen molar-refractivity contribution in [1.29, 1.82) is 0 Å². The fourth-order valence-electron chi connectivity index (χ4n) is 5.56. The van der Waals surface area contributed by atoms with E-state index in [-0.39, 0.29) is 6.17 Å². The number of nitrogens with zero attached hydrogens (tertiary/aromatic N) is 2. The molecule has 0 radical (unpaired) electrons. The van der Waals surface area contributed by atoms with Crippen LogP contribution in [0.5, 0.6) is 0 Å². The molecule has 0 aliphatic carbocycles. The van der Waals surface area contributed by atoms with Gasteiger partial charge in [0, 0.05) is 32.3 Å². The Kier molecular flexibility index (Phi) is 6.49. The number of fused-ring (bicyclic) bond motifs is 1. The third-order valence-corrected chi connectivity index (χ3v) is 8.05. The Morgan fingerprint density at radius 3 is 2.48 bits per heavy atom. The molecule has 3 saturated heterocycles. The van der Waals surface area contributed by atoms with E-state index < -0.39 is 30.1 Å². The van der Waals surface area contributed by atoms with Gasteiger partial charge in [0.2, 0.25) is 0 Å². The predicted octanol–water partition coefficient (Wildman–Crippen LogP) is 1.86. The minimum absolute atomic E-state index is 0.146.